The van der Waals surface area contributed by atoms with Crippen LogP contribution in [0.2, 0.25) is 0 Å². The highest BCUT2D eigenvalue weighted by Gasteiger charge is 2.49. The lowest BCUT2D eigenvalue weighted by molar-refractivity contribution is -0.175. The first-order chi connectivity index (χ1) is 10.8. The summed E-state index contributed by atoms with van der Waals surface area (Å²) in [5.74, 6) is 0.0854. The second kappa shape index (κ2) is 5.43. The molecule has 0 spiro atoms. The molecule has 2 aromatic carbocycles. The van der Waals surface area contributed by atoms with E-state index in [0.29, 0.717) is 13.2 Å². The smallest absolute Gasteiger partial charge is 0.255 e. The van der Waals surface area contributed by atoms with Crippen LogP contribution in [-0.4, -0.2) is 23.5 Å². The van der Waals surface area contributed by atoms with E-state index in [-0.39, 0.29) is 18.1 Å². The Kier molecular flexibility index (Phi) is 3.28. The number of β-lactam (4-membered cyclic amide) rings is 1. The van der Waals surface area contributed by atoms with Gasteiger partial charge in [-0.1, -0.05) is 66.7 Å². The topological polar surface area (TPSA) is 29.5 Å². The van der Waals surface area contributed by atoms with Gasteiger partial charge in [0.2, 0.25) is 0 Å². The predicted octanol–water partition coefficient (Wildman–Crippen LogP) is 3.18. The van der Waals surface area contributed by atoms with E-state index in [1.54, 1.807) is 0 Å². The van der Waals surface area contributed by atoms with Gasteiger partial charge in [-0.3, -0.25) is 4.79 Å². The summed E-state index contributed by atoms with van der Waals surface area (Å²) in [6.07, 6.45) is 3.76. The standard InChI is InChI=1S/C19H17NO2/c21-19-18(22-13-14-7-2-1-3-8-14)17-16-11-5-4-9-15(16)10-6-12-20(17)19/h1-11,17-18H,12-13H2. The van der Waals surface area contributed by atoms with Gasteiger partial charge >= 0.3 is 0 Å². The van der Waals surface area contributed by atoms with Crippen LogP contribution in [0.25, 0.3) is 6.08 Å². The number of rotatable bonds is 3. The number of carbonyl (C=O) groups excluding carboxylic acids is 1. The molecule has 0 saturated carbocycles. The van der Waals surface area contributed by atoms with Crippen molar-refractivity contribution in [3.05, 3.63) is 77.4 Å². The summed E-state index contributed by atoms with van der Waals surface area (Å²) in [5.41, 5.74) is 3.44. The molecule has 2 aliphatic rings. The zero-order valence-corrected chi connectivity index (χ0v) is 12.2. The van der Waals surface area contributed by atoms with Crippen LogP contribution in [0.4, 0.5) is 0 Å². The Balaban J connectivity index is 1.57. The summed E-state index contributed by atoms with van der Waals surface area (Å²) in [7, 11) is 0. The molecule has 3 heteroatoms. The minimum absolute atomic E-state index is 0.0300. The lowest BCUT2D eigenvalue weighted by Crippen LogP contribution is -2.59. The van der Waals surface area contributed by atoms with Gasteiger partial charge in [0.1, 0.15) is 0 Å². The SMILES string of the molecule is O=C1C(OCc2ccccc2)C2c3ccccc3C=CCN12. The second-order valence-corrected chi connectivity index (χ2v) is 5.68. The molecule has 0 radical (unpaired) electrons. The molecule has 1 saturated heterocycles. The van der Waals surface area contributed by atoms with Crippen molar-refractivity contribution in [3.8, 4) is 0 Å². The fourth-order valence-electron chi connectivity index (χ4n) is 3.20. The summed E-state index contributed by atoms with van der Waals surface area (Å²) in [6.45, 7) is 1.13. The van der Waals surface area contributed by atoms with Gasteiger partial charge in [0, 0.05) is 6.54 Å². The monoisotopic (exact) mass is 291 g/mol. The molecule has 0 N–H and O–H groups in total. The number of ether oxygens (including phenoxy) is 1. The van der Waals surface area contributed by atoms with Gasteiger partial charge in [0.25, 0.3) is 5.91 Å². The van der Waals surface area contributed by atoms with Gasteiger partial charge in [-0.15, -0.1) is 0 Å². The molecule has 0 aliphatic carbocycles. The van der Waals surface area contributed by atoms with E-state index in [1.165, 1.54) is 11.1 Å². The first kappa shape index (κ1) is 13.3. The van der Waals surface area contributed by atoms with Gasteiger partial charge in [0.15, 0.2) is 6.10 Å². The highest BCUT2D eigenvalue weighted by atomic mass is 16.5. The number of hydrogen-bond donors (Lipinski definition) is 0. The number of benzene rings is 2. The quantitative estimate of drug-likeness (QED) is 0.813. The molecule has 2 unspecified atom stereocenters. The van der Waals surface area contributed by atoms with Crippen LogP contribution in [0.15, 0.2) is 60.7 Å². The molecule has 0 aromatic heterocycles. The third kappa shape index (κ3) is 2.14. The van der Waals surface area contributed by atoms with Crippen molar-refractivity contribution in [2.45, 2.75) is 18.8 Å². The Bertz CT molecular complexity index is 723. The lowest BCUT2D eigenvalue weighted by atomic mass is 9.88. The molecule has 4 rings (SSSR count). The number of amides is 1. The summed E-state index contributed by atoms with van der Waals surface area (Å²) in [5, 5.41) is 0. The van der Waals surface area contributed by atoms with Crippen molar-refractivity contribution in [3.63, 3.8) is 0 Å². The van der Waals surface area contributed by atoms with Gasteiger partial charge in [0.05, 0.1) is 12.6 Å². The van der Waals surface area contributed by atoms with E-state index in [0.717, 1.165) is 5.56 Å². The van der Waals surface area contributed by atoms with Crippen LogP contribution in [0, 0.1) is 0 Å². The number of hydrogen-bond acceptors (Lipinski definition) is 2. The maximum atomic E-state index is 12.3. The molecule has 2 aliphatic heterocycles. The second-order valence-electron chi connectivity index (χ2n) is 5.68. The molecule has 2 atom stereocenters. The highest BCUT2D eigenvalue weighted by Crippen LogP contribution is 2.40. The molecule has 2 aromatic rings. The Morgan fingerprint density at radius 2 is 1.82 bits per heavy atom. The van der Waals surface area contributed by atoms with Crippen LogP contribution in [-0.2, 0) is 16.1 Å². The molecule has 2 heterocycles. The largest absolute Gasteiger partial charge is 0.361 e. The summed E-state index contributed by atoms with van der Waals surface area (Å²) in [6, 6.07) is 18.2. The Labute approximate surface area is 129 Å². The van der Waals surface area contributed by atoms with Crippen LogP contribution >= 0.6 is 0 Å². The van der Waals surface area contributed by atoms with E-state index in [1.807, 2.05) is 53.4 Å². The molecule has 22 heavy (non-hydrogen) atoms. The van der Waals surface area contributed by atoms with Gasteiger partial charge in [-0.05, 0) is 16.7 Å². The van der Waals surface area contributed by atoms with Crippen molar-refractivity contribution in [2.24, 2.45) is 0 Å². The fourth-order valence-corrected chi connectivity index (χ4v) is 3.20. The minimum Gasteiger partial charge on any atom is -0.361 e. The molecule has 1 fully saturated rings. The first-order valence-corrected chi connectivity index (χ1v) is 7.56. The Morgan fingerprint density at radius 1 is 1.05 bits per heavy atom. The van der Waals surface area contributed by atoms with Gasteiger partial charge in [-0.2, -0.15) is 0 Å². The summed E-state index contributed by atoms with van der Waals surface area (Å²) >= 11 is 0. The molecule has 3 nitrogen and oxygen atoms in total. The van der Waals surface area contributed by atoms with Crippen LogP contribution in [0.1, 0.15) is 22.7 Å². The fraction of sp³-hybridized carbons (Fsp3) is 0.211. The maximum Gasteiger partial charge on any atom is 0.255 e. The van der Waals surface area contributed by atoms with E-state index >= 15 is 0 Å². The number of fused-ring (bicyclic) bond motifs is 3. The van der Waals surface area contributed by atoms with Crippen molar-refractivity contribution in [1.82, 2.24) is 4.90 Å². The van der Waals surface area contributed by atoms with E-state index in [9.17, 15) is 4.79 Å². The summed E-state index contributed by atoms with van der Waals surface area (Å²) in [4.78, 5) is 14.2. The lowest BCUT2D eigenvalue weighted by Gasteiger charge is -2.46. The van der Waals surface area contributed by atoms with Crippen molar-refractivity contribution in [1.29, 1.82) is 0 Å². The van der Waals surface area contributed by atoms with Gasteiger partial charge in [-0.25, -0.2) is 0 Å². The van der Waals surface area contributed by atoms with Crippen molar-refractivity contribution < 1.29 is 9.53 Å². The van der Waals surface area contributed by atoms with E-state index < -0.39 is 0 Å². The van der Waals surface area contributed by atoms with Crippen molar-refractivity contribution >= 4 is 12.0 Å². The molecular weight excluding hydrogens is 274 g/mol. The van der Waals surface area contributed by atoms with E-state index in [2.05, 4.69) is 18.2 Å². The molecule has 110 valence electrons. The highest BCUT2D eigenvalue weighted by molar-refractivity contribution is 5.90. The van der Waals surface area contributed by atoms with Crippen LogP contribution < -0.4 is 0 Å². The van der Waals surface area contributed by atoms with E-state index in [4.69, 9.17) is 4.74 Å². The predicted molar refractivity (Wildman–Crippen MR) is 84.9 cm³/mol. The van der Waals surface area contributed by atoms with Crippen LogP contribution in [0.5, 0.6) is 0 Å². The zero-order valence-electron chi connectivity index (χ0n) is 12.2. The average Bonchev–Trinajstić information content (AvgIpc) is 2.73. The normalized spacial score (nSPS) is 22.5. The first-order valence-electron chi connectivity index (χ1n) is 7.56. The third-order valence-electron chi connectivity index (χ3n) is 4.34. The van der Waals surface area contributed by atoms with Crippen LogP contribution in [0.3, 0.4) is 0 Å². The molecule has 1 amide bonds. The van der Waals surface area contributed by atoms with Gasteiger partial charge < -0.3 is 9.64 Å². The third-order valence-corrected chi connectivity index (χ3v) is 4.34. The average molecular weight is 291 g/mol. The Hall–Kier alpha value is -2.39. The summed E-state index contributed by atoms with van der Waals surface area (Å²) < 4.78 is 5.94. The Morgan fingerprint density at radius 3 is 2.68 bits per heavy atom. The zero-order chi connectivity index (χ0) is 14.9. The van der Waals surface area contributed by atoms with Crippen molar-refractivity contribution in [2.75, 3.05) is 6.54 Å². The minimum atomic E-state index is -0.374. The molecule has 0 bridgehead atoms. The molecular formula is C19H17NO2. The maximum absolute atomic E-state index is 12.3. The number of nitrogens with zero attached hydrogens (tertiary/aromatic N) is 1. The number of carbonyl (C=O) groups is 1.